The standard InChI is InChI=1S/C12H16F3N3O3/c1-6-4-7(16)8(18-10(6)21-3)9(19)17-5-11(2,20)12(13,14)15/h4,20H,5,16H2,1-3H3,(H,17,19). The number of nitrogen functional groups attached to an aromatic ring is 1. The van der Waals surface area contributed by atoms with Gasteiger partial charge in [-0.1, -0.05) is 0 Å². The Labute approximate surface area is 119 Å². The highest BCUT2D eigenvalue weighted by molar-refractivity contribution is 5.97. The third-order valence-corrected chi connectivity index (χ3v) is 2.81. The number of pyridine rings is 1. The van der Waals surface area contributed by atoms with Gasteiger partial charge in [0.05, 0.1) is 19.3 Å². The number of hydrogen-bond donors (Lipinski definition) is 3. The number of carbonyl (C=O) groups excluding carboxylic acids is 1. The van der Waals surface area contributed by atoms with Gasteiger partial charge in [0.2, 0.25) is 5.88 Å². The second-order valence-electron chi connectivity index (χ2n) is 4.71. The summed E-state index contributed by atoms with van der Waals surface area (Å²) in [6, 6.07) is 1.42. The van der Waals surface area contributed by atoms with Crippen LogP contribution in [0, 0.1) is 6.92 Å². The number of nitrogens with two attached hydrogens (primary N) is 1. The maximum atomic E-state index is 12.5. The summed E-state index contributed by atoms with van der Waals surface area (Å²) in [4.78, 5) is 15.7. The Morgan fingerprint density at radius 3 is 2.57 bits per heavy atom. The van der Waals surface area contributed by atoms with Crippen LogP contribution in [0.5, 0.6) is 5.88 Å². The fraction of sp³-hybridized carbons (Fsp3) is 0.500. The molecule has 6 nitrogen and oxygen atoms in total. The molecule has 1 aromatic heterocycles. The number of methoxy groups -OCH3 is 1. The number of rotatable bonds is 4. The van der Waals surface area contributed by atoms with Crippen LogP contribution in [0.15, 0.2) is 6.07 Å². The van der Waals surface area contributed by atoms with Gasteiger partial charge in [0.15, 0.2) is 11.3 Å². The first-order valence-electron chi connectivity index (χ1n) is 5.88. The number of alkyl halides is 3. The predicted molar refractivity (Wildman–Crippen MR) is 69.0 cm³/mol. The molecule has 0 saturated carbocycles. The molecule has 118 valence electrons. The van der Waals surface area contributed by atoms with E-state index in [2.05, 4.69) is 4.98 Å². The zero-order valence-electron chi connectivity index (χ0n) is 11.7. The first kappa shape index (κ1) is 17.0. The maximum absolute atomic E-state index is 12.5. The first-order chi connectivity index (χ1) is 9.49. The molecule has 21 heavy (non-hydrogen) atoms. The van der Waals surface area contributed by atoms with Crippen molar-refractivity contribution >= 4 is 11.6 Å². The second kappa shape index (κ2) is 5.76. The number of nitrogens with one attached hydrogen (secondary N) is 1. The number of aromatic nitrogens is 1. The van der Waals surface area contributed by atoms with Crippen molar-refractivity contribution in [2.45, 2.75) is 25.6 Å². The number of nitrogens with zero attached hydrogens (tertiary/aromatic N) is 1. The molecule has 1 unspecified atom stereocenters. The van der Waals surface area contributed by atoms with E-state index < -0.39 is 24.2 Å². The minimum Gasteiger partial charge on any atom is -0.481 e. The number of aliphatic hydroxyl groups is 1. The first-order valence-corrected chi connectivity index (χ1v) is 5.88. The van der Waals surface area contributed by atoms with Crippen LogP contribution >= 0.6 is 0 Å². The van der Waals surface area contributed by atoms with E-state index in [4.69, 9.17) is 10.5 Å². The second-order valence-corrected chi connectivity index (χ2v) is 4.71. The smallest absolute Gasteiger partial charge is 0.418 e. The summed E-state index contributed by atoms with van der Waals surface area (Å²) in [5.74, 6) is -0.799. The fourth-order valence-corrected chi connectivity index (χ4v) is 1.44. The van der Waals surface area contributed by atoms with Gasteiger partial charge in [-0.05, 0) is 19.9 Å². The van der Waals surface area contributed by atoms with E-state index in [0.717, 1.165) is 0 Å². The van der Waals surface area contributed by atoms with Crippen molar-refractivity contribution in [3.63, 3.8) is 0 Å². The van der Waals surface area contributed by atoms with Crippen LogP contribution in [0.2, 0.25) is 0 Å². The van der Waals surface area contributed by atoms with Crippen LogP contribution in [-0.4, -0.2) is 41.4 Å². The lowest BCUT2D eigenvalue weighted by Crippen LogP contribution is -2.51. The average Bonchev–Trinajstić information content (AvgIpc) is 2.35. The molecular formula is C12H16F3N3O3. The van der Waals surface area contributed by atoms with Gasteiger partial charge in [-0.3, -0.25) is 4.79 Å². The molecule has 0 spiro atoms. The van der Waals surface area contributed by atoms with E-state index in [-0.39, 0.29) is 17.3 Å². The van der Waals surface area contributed by atoms with E-state index in [1.54, 1.807) is 6.92 Å². The summed E-state index contributed by atoms with van der Waals surface area (Å²) < 4.78 is 42.3. The van der Waals surface area contributed by atoms with Gasteiger partial charge in [0.1, 0.15) is 0 Å². The van der Waals surface area contributed by atoms with Gasteiger partial charge in [-0.2, -0.15) is 13.2 Å². The SMILES string of the molecule is COc1nc(C(=O)NCC(C)(O)C(F)(F)F)c(N)cc1C. The van der Waals surface area contributed by atoms with E-state index in [0.29, 0.717) is 12.5 Å². The zero-order valence-corrected chi connectivity index (χ0v) is 11.7. The molecule has 9 heteroatoms. The number of halogens is 3. The molecule has 0 radical (unpaired) electrons. The van der Waals surface area contributed by atoms with Crippen molar-refractivity contribution in [3.05, 3.63) is 17.3 Å². The van der Waals surface area contributed by atoms with Gasteiger partial charge in [-0.15, -0.1) is 0 Å². The lowest BCUT2D eigenvalue weighted by molar-refractivity contribution is -0.249. The Morgan fingerprint density at radius 1 is 1.52 bits per heavy atom. The number of amides is 1. The summed E-state index contributed by atoms with van der Waals surface area (Å²) in [6.45, 7) is 1.19. The van der Waals surface area contributed by atoms with Crippen molar-refractivity contribution in [2.75, 3.05) is 19.4 Å². The van der Waals surface area contributed by atoms with Crippen molar-refractivity contribution < 1.29 is 27.8 Å². The van der Waals surface area contributed by atoms with Gasteiger partial charge >= 0.3 is 6.18 Å². The molecule has 4 N–H and O–H groups in total. The third-order valence-electron chi connectivity index (χ3n) is 2.81. The van der Waals surface area contributed by atoms with Crippen molar-refractivity contribution in [2.24, 2.45) is 0 Å². The molecular weight excluding hydrogens is 291 g/mol. The van der Waals surface area contributed by atoms with Gasteiger partial charge < -0.3 is 20.9 Å². The number of hydrogen-bond acceptors (Lipinski definition) is 5. The molecule has 0 aromatic carbocycles. The van der Waals surface area contributed by atoms with Gasteiger partial charge in [-0.25, -0.2) is 4.98 Å². The van der Waals surface area contributed by atoms with Crippen LogP contribution in [0.25, 0.3) is 0 Å². The monoisotopic (exact) mass is 307 g/mol. The Morgan fingerprint density at radius 2 is 2.10 bits per heavy atom. The molecule has 0 saturated heterocycles. The van der Waals surface area contributed by atoms with E-state index in [1.165, 1.54) is 13.2 Å². The summed E-state index contributed by atoms with van der Waals surface area (Å²) in [5, 5.41) is 11.2. The Bertz CT molecular complexity index is 545. The summed E-state index contributed by atoms with van der Waals surface area (Å²) in [7, 11) is 1.33. The molecule has 1 heterocycles. The lowest BCUT2D eigenvalue weighted by Gasteiger charge is -2.26. The minimum atomic E-state index is -4.87. The van der Waals surface area contributed by atoms with Crippen LogP contribution in [0.3, 0.4) is 0 Å². The van der Waals surface area contributed by atoms with Crippen LogP contribution < -0.4 is 15.8 Å². The largest absolute Gasteiger partial charge is 0.481 e. The van der Waals surface area contributed by atoms with Crippen LogP contribution in [-0.2, 0) is 0 Å². The van der Waals surface area contributed by atoms with Crippen molar-refractivity contribution in [1.82, 2.24) is 10.3 Å². The Balaban J connectivity index is 2.91. The highest BCUT2D eigenvalue weighted by atomic mass is 19.4. The lowest BCUT2D eigenvalue weighted by atomic mass is 10.1. The number of ether oxygens (including phenoxy) is 1. The molecule has 1 aromatic rings. The van der Waals surface area contributed by atoms with Crippen molar-refractivity contribution in [3.8, 4) is 5.88 Å². The van der Waals surface area contributed by atoms with Crippen LogP contribution in [0.1, 0.15) is 23.0 Å². The fourth-order valence-electron chi connectivity index (χ4n) is 1.44. The number of aryl methyl sites for hydroxylation is 1. The molecule has 0 aliphatic rings. The van der Waals surface area contributed by atoms with E-state index >= 15 is 0 Å². The molecule has 0 aliphatic carbocycles. The molecule has 1 rings (SSSR count). The number of carbonyl (C=O) groups is 1. The molecule has 0 bridgehead atoms. The average molecular weight is 307 g/mol. The van der Waals surface area contributed by atoms with E-state index in [1.807, 2.05) is 5.32 Å². The summed E-state index contributed by atoms with van der Waals surface area (Å²) in [6.07, 6.45) is -4.87. The molecule has 0 fully saturated rings. The van der Waals surface area contributed by atoms with Gasteiger partial charge in [0.25, 0.3) is 5.91 Å². The Hall–Kier alpha value is -2.03. The van der Waals surface area contributed by atoms with Crippen LogP contribution in [0.4, 0.5) is 18.9 Å². The maximum Gasteiger partial charge on any atom is 0.418 e. The molecule has 0 aliphatic heterocycles. The summed E-state index contributed by atoms with van der Waals surface area (Å²) in [5.41, 5.74) is 2.87. The summed E-state index contributed by atoms with van der Waals surface area (Å²) >= 11 is 0. The topological polar surface area (TPSA) is 97.5 Å². The molecule has 1 atom stereocenters. The van der Waals surface area contributed by atoms with E-state index in [9.17, 15) is 23.1 Å². The van der Waals surface area contributed by atoms with Gasteiger partial charge in [0, 0.05) is 5.56 Å². The quantitative estimate of drug-likeness (QED) is 0.771. The van der Waals surface area contributed by atoms with Crippen molar-refractivity contribution in [1.29, 1.82) is 0 Å². The minimum absolute atomic E-state index is 0.00236. The normalized spacial score (nSPS) is 14.4. The predicted octanol–water partition coefficient (Wildman–Crippen LogP) is 1.02. The number of anilines is 1. The molecule has 1 amide bonds. The Kier molecular flexibility index (Phi) is 4.67. The zero-order chi connectivity index (χ0) is 16.4. The third kappa shape index (κ3) is 3.75. The highest BCUT2D eigenvalue weighted by Crippen LogP contribution is 2.29. The highest BCUT2D eigenvalue weighted by Gasteiger charge is 2.50.